The second-order valence-electron chi connectivity index (χ2n) is 20.1. The van der Waals surface area contributed by atoms with Crippen LogP contribution >= 0.6 is 9.12 Å². The average Bonchev–Trinajstić information content (AvgIpc) is 3.51. The van der Waals surface area contributed by atoms with Crippen molar-refractivity contribution in [3.8, 4) is 0 Å². The number of benzene rings is 3. The number of ether oxygens (including phenoxy) is 13. The molecule has 0 radical (unpaired) electrons. The quantitative estimate of drug-likeness (QED) is 0.0197. The molecule has 0 aliphatic carbocycles. The number of carbonyl (C=O) groups excluding carboxylic acids is 3. The van der Waals surface area contributed by atoms with Crippen molar-refractivity contribution in [2.45, 2.75) is 198 Å². The molecule has 3 fully saturated rings. The van der Waals surface area contributed by atoms with E-state index in [2.05, 4.69) is 23.0 Å². The smallest absolute Gasteiger partial charge is 0.0653 e. The van der Waals surface area contributed by atoms with Gasteiger partial charge in [-0.25, -0.2) is 9.59 Å². The minimum Gasteiger partial charge on any atom is -0.0653 e. The molecular weight excluding hydrogens is 1050 g/mol. The molecular formula is C59H85B2O18P. The third kappa shape index (κ3) is 19.3. The van der Waals surface area contributed by atoms with Crippen LogP contribution in [0.25, 0.3) is 0 Å². The fraction of sp³-hybridized carbons (Fsp3) is 0.644. The molecule has 21 heteroatoms. The van der Waals surface area contributed by atoms with Crippen molar-refractivity contribution in [3.05, 3.63) is 108 Å². The Hall–Kier alpha value is -4.01. The summed E-state index contributed by atoms with van der Waals surface area (Å²) < 4.78 is 92.8. The van der Waals surface area contributed by atoms with E-state index >= 15 is 0 Å². The van der Waals surface area contributed by atoms with E-state index in [0.717, 1.165) is 44.9 Å². The summed E-state index contributed by atoms with van der Waals surface area (Å²) in [4.78, 5) is 43.5. The van der Waals surface area contributed by atoms with E-state index in [4.69, 9.17) is 66.2 Å². The minimum absolute atomic E-state index is 0.0310. The second-order valence-corrected chi connectivity index (χ2v) is 20.5. The van der Waals surface area contributed by atoms with Gasteiger partial charge in [0.15, 0.2) is 0 Å². The van der Waals surface area contributed by atoms with Gasteiger partial charge in [-0.2, -0.15) is 0 Å². The molecule has 6 rings (SSSR count). The van der Waals surface area contributed by atoms with Crippen LogP contribution in [0.15, 0.2) is 91.0 Å². The third-order valence-corrected chi connectivity index (χ3v) is 14.0. The Morgan fingerprint density at radius 2 is 0.875 bits per heavy atom. The van der Waals surface area contributed by atoms with Crippen LogP contribution in [0.1, 0.15) is 137 Å². The maximum atomic E-state index is 14.7. The van der Waals surface area contributed by atoms with E-state index in [0.29, 0.717) is 32.5 Å². The molecule has 3 saturated heterocycles. The first-order valence-corrected chi connectivity index (χ1v) is 29.5. The SMILES string of the molecule is CCCCOCC1O[C@@H](O[C@@H]2C(COCCCC)O[C@H](O)C(OCCCC)[C@H]2OB=BP)[C@@H](OC(=O)c2ccccc2)C(O[C@@H]2OC(C)[C@H](OCCCC)C(OC(=O)c3ccccc3)[C@@H]2OC(=O)c2ccccc2)[C@@H]1OCCCC. The number of aliphatic hydroxyl groups is 1. The number of rotatable bonds is 34. The van der Waals surface area contributed by atoms with Gasteiger partial charge in [-0.05, 0) is 30.7 Å². The van der Waals surface area contributed by atoms with Gasteiger partial charge < -0.3 is 4.74 Å². The molecule has 1 N–H and O–H groups in total. The molecule has 18 nitrogen and oxygen atoms in total. The van der Waals surface area contributed by atoms with E-state index in [1.54, 1.807) is 104 Å². The summed E-state index contributed by atoms with van der Waals surface area (Å²) in [7, 11) is 3.93. The number of hydrogen-bond acceptors (Lipinski definition) is 18. The fourth-order valence-electron chi connectivity index (χ4n) is 9.43. The van der Waals surface area contributed by atoms with Gasteiger partial charge in [-0.1, -0.05) is 63.6 Å². The van der Waals surface area contributed by atoms with Crippen LogP contribution in [-0.4, -0.2) is 175 Å². The maximum absolute atomic E-state index is 14.7. The van der Waals surface area contributed by atoms with E-state index in [9.17, 15) is 19.5 Å². The van der Waals surface area contributed by atoms with Crippen molar-refractivity contribution in [2.75, 3.05) is 46.2 Å². The molecule has 0 amide bonds. The second kappa shape index (κ2) is 35.9. The average molecular weight is 1130 g/mol. The van der Waals surface area contributed by atoms with E-state index in [-0.39, 0.29) is 49.7 Å². The summed E-state index contributed by atoms with van der Waals surface area (Å²) >= 11 is 0. The molecule has 440 valence electrons. The van der Waals surface area contributed by atoms with Gasteiger partial charge in [0.25, 0.3) is 0 Å². The van der Waals surface area contributed by atoms with Gasteiger partial charge >= 0.3 is 352 Å². The first-order chi connectivity index (χ1) is 39.1. The molecule has 80 heavy (non-hydrogen) atoms. The monoisotopic (exact) mass is 1130 g/mol. The first-order valence-electron chi connectivity index (χ1n) is 28.8. The molecule has 0 bridgehead atoms. The summed E-state index contributed by atoms with van der Waals surface area (Å²) in [6, 6.07) is 25.3. The zero-order valence-corrected chi connectivity index (χ0v) is 48.6. The summed E-state index contributed by atoms with van der Waals surface area (Å²) in [6.07, 6.45) is -10.8. The summed E-state index contributed by atoms with van der Waals surface area (Å²) in [6.45, 7) is 15.1. The molecule has 16 atom stereocenters. The summed E-state index contributed by atoms with van der Waals surface area (Å²) in [5.74, 6) is -2.22. The number of unbranched alkanes of at least 4 members (excludes halogenated alkanes) is 5. The number of hydrogen-bond donors (Lipinski definition) is 1. The molecule has 0 saturated carbocycles. The first kappa shape index (κ1) is 65.1. The van der Waals surface area contributed by atoms with E-state index < -0.39 is 110 Å². The molecule has 3 aromatic carbocycles. The molecule has 7 unspecified atom stereocenters. The Morgan fingerprint density at radius 1 is 0.475 bits per heavy atom. The van der Waals surface area contributed by atoms with Gasteiger partial charge in [0.05, 0.1) is 11.1 Å². The van der Waals surface area contributed by atoms with Crippen molar-refractivity contribution < 1.29 is 85.7 Å². The topological polar surface area (TPSA) is 201 Å². The van der Waals surface area contributed by atoms with Crippen molar-refractivity contribution in [2.24, 2.45) is 0 Å². The van der Waals surface area contributed by atoms with Gasteiger partial charge in [0, 0.05) is 6.61 Å². The molecule has 0 aromatic heterocycles. The van der Waals surface area contributed by atoms with Crippen LogP contribution in [0.4, 0.5) is 0 Å². The van der Waals surface area contributed by atoms with Crippen LogP contribution in [0.3, 0.4) is 0 Å². The Balaban J connectivity index is 1.53. The fourth-order valence-corrected chi connectivity index (χ4v) is 9.52. The summed E-state index contributed by atoms with van der Waals surface area (Å²) in [5, 5.41) is 11.7. The minimum atomic E-state index is -1.56. The van der Waals surface area contributed by atoms with Crippen molar-refractivity contribution in [3.63, 3.8) is 0 Å². The predicted octanol–water partition coefficient (Wildman–Crippen LogP) is 8.22. The van der Waals surface area contributed by atoms with Crippen LogP contribution in [0.5, 0.6) is 0 Å². The third-order valence-electron chi connectivity index (χ3n) is 13.9. The Labute approximate surface area is 476 Å². The number of esters is 3. The van der Waals surface area contributed by atoms with Crippen molar-refractivity contribution >= 4 is 40.6 Å². The normalized spacial score (nSPS) is 28.6. The Bertz CT molecular complexity index is 2240. The van der Waals surface area contributed by atoms with Gasteiger partial charge in [-0.15, -0.1) is 0 Å². The Kier molecular flexibility index (Phi) is 29.2. The van der Waals surface area contributed by atoms with Gasteiger partial charge in [-0.3, -0.25) is 0 Å². The molecule has 3 aromatic rings. The Morgan fingerprint density at radius 3 is 1.35 bits per heavy atom. The van der Waals surface area contributed by atoms with Crippen LogP contribution in [0.2, 0.25) is 0 Å². The molecule has 0 spiro atoms. The standard InChI is InChI=1S/C59H85B2O18P/c1-7-12-32-66-37-43-46(69-35-15-10-4)49(78-58-52(75-55(63)41-28-22-18-23-29-41)48(45(39(6)71-58)68-34-14-9-3)74-54(62)40-26-20-17-21-27-40)53(76-56(64)42-30-24-19-25-31-42)59(73-43)77-47-44(38-67-33-13-8-2)72-57(65)51(70-36-16-11-5)50(47)79-60-61-80/h17-31,39,43-53,57-59,65H,7-16,32-38,80H2,1-6H3/t39?,43?,44?,45-,46+,47+,48?,49?,50-,51?,52-,53-,57-,58-,59-/m0/s1. The zero-order chi connectivity index (χ0) is 57.1. The zero-order valence-electron chi connectivity index (χ0n) is 47.5. The van der Waals surface area contributed by atoms with Crippen molar-refractivity contribution in [1.29, 1.82) is 0 Å². The van der Waals surface area contributed by atoms with Gasteiger partial charge in [0.1, 0.15) is 0 Å². The van der Waals surface area contributed by atoms with Crippen LogP contribution in [-0.2, 0) is 66.2 Å². The predicted molar refractivity (Wildman–Crippen MR) is 302 cm³/mol. The molecule has 3 aliphatic heterocycles. The number of carbonyl (C=O) groups is 3. The van der Waals surface area contributed by atoms with Crippen molar-refractivity contribution in [1.82, 2.24) is 0 Å². The van der Waals surface area contributed by atoms with E-state index in [1.165, 1.54) is 7.00 Å². The number of aliphatic hydroxyl groups excluding tert-OH is 1. The van der Waals surface area contributed by atoms with E-state index in [1.807, 2.05) is 20.8 Å². The summed E-state index contributed by atoms with van der Waals surface area (Å²) in [5.41, 5.74) is 0.663. The molecule has 3 aliphatic rings. The van der Waals surface area contributed by atoms with Crippen LogP contribution in [0, 0.1) is 0 Å². The van der Waals surface area contributed by atoms with Gasteiger partial charge in [0.2, 0.25) is 0 Å². The molecule has 3 heterocycles. The van der Waals surface area contributed by atoms with Crippen LogP contribution < -0.4 is 0 Å².